The lowest BCUT2D eigenvalue weighted by Crippen LogP contribution is -1.92. The highest BCUT2D eigenvalue weighted by atomic mass is 16.6. The second-order valence-electron chi connectivity index (χ2n) is 3.90. The van der Waals surface area contributed by atoms with Crippen LogP contribution in [0.15, 0.2) is 29.0 Å². The maximum atomic E-state index is 10.8. The molecular formula is C11H8N6O4. The number of methoxy groups -OCH3 is 1. The van der Waals surface area contributed by atoms with E-state index >= 15 is 0 Å². The van der Waals surface area contributed by atoms with Crippen molar-refractivity contribution in [3.05, 3.63) is 34.6 Å². The minimum absolute atomic E-state index is 0.0921. The summed E-state index contributed by atoms with van der Waals surface area (Å²) in [5, 5.41) is 20.8. The molecule has 21 heavy (non-hydrogen) atoms. The number of aromatic nitrogens is 5. The van der Waals surface area contributed by atoms with E-state index < -0.39 is 4.92 Å². The van der Waals surface area contributed by atoms with Crippen molar-refractivity contribution in [3.8, 4) is 28.9 Å². The third-order valence-corrected chi connectivity index (χ3v) is 2.68. The van der Waals surface area contributed by atoms with Gasteiger partial charge in [-0.2, -0.15) is 10.1 Å². The third-order valence-electron chi connectivity index (χ3n) is 2.68. The van der Waals surface area contributed by atoms with Gasteiger partial charge in [0, 0.05) is 6.07 Å². The van der Waals surface area contributed by atoms with E-state index in [1.165, 1.54) is 31.6 Å². The smallest absolute Gasteiger partial charge is 0.273 e. The number of H-pyrrole nitrogens is 1. The van der Waals surface area contributed by atoms with Crippen molar-refractivity contribution in [3.63, 3.8) is 0 Å². The van der Waals surface area contributed by atoms with E-state index in [4.69, 9.17) is 9.26 Å². The zero-order chi connectivity index (χ0) is 14.8. The van der Waals surface area contributed by atoms with Crippen molar-refractivity contribution in [2.45, 2.75) is 0 Å². The maximum Gasteiger partial charge on any atom is 0.273 e. The van der Waals surface area contributed by atoms with Crippen molar-refractivity contribution in [1.82, 2.24) is 25.3 Å². The van der Waals surface area contributed by atoms with Gasteiger partial charge in [0.1, 0.15) is 12.1 Å². The fourth-order valence-electron chi connectivity index (χ4n) is 1.71. The van der Waals surface area contributed by atoms with E-state index in [0.29, 0.717) is 11.4 Å². The number of ether oxygens (including phenoxy) is 1. The van der Waals surface area contributed by atoms with Crippen LogP contribution in [0.3, 0.4) is 0 Å². The summed E-state index contributed by atoms with van der Waals surface area (Å²) in [6, 6.07) is 4.10. The van der Waals surface area contributed by atoms with Gasteiger partial charge < -0.3 is 9.26 Å². The van der Waals surface area contributed by atoms with Gasteiger partial charge in [-0.3, -0.25) is 15.2 Å². The average molecular weight is 288 g/mol. The molecule has 3 aromatic rings. The van der Waals surface area contributed by atoms with E-state index in [2.05, 4.69) is 25.3 Å². The molecule has 0 unspecified atom stereocenters. The van der Waals surface area contributed by atoms with Gasteiger partial charge in [0.15, 0.2) is 5.82 Å². The SMILES string of the molecule is COc1cc([N+](=O)[O-])ccc1-c1nc(-c2ncn[nH]2)no1. The second-order valence-corrected chi connectivity index (χ2v) is 3.90. The monoisotopic (exact) mass is 288 g/mol. The van der Waals surface area contributed by atoms with Crippen LogP contribution in [-0.4, -0.2) is 37.4 Å². The van der Waals surface area contributed by atoms with Gasteiger partial charge in [0.2, 0.25) is 5.82 Å². The summed E-state index contributed by atoms with van der Waals surface area (Å²) in [5.74, 6) is 0.999. The van der Waals surface area contributed by atoms with Gasteiger partial charge in [-0.15, -0.1) is 0 Å². The molecule has 3 rings (SSSR count). The summed E-state index contributed by atoms with van der Waals surface area (Å²) in [5.41, 5.74) is 0.354. The number of nitro groups is 1. The molecule has 1 aromatic carbocycles. The van der Waals surface area contributed by atoms with Crippen LogP contribution in [-0.2, 0) is 0 Å². The van der Waals surface area contributed by atoms with E-state index in [0.717, 1.165) is 0 Å². The Morgan fingerprint density at radius 1 is 1.43 bits per heavy atom. The summed E-state index contributed by atoms with van der Waals surface area (Å²) in [6.45, 7) is 0. The Kier molecular flexibility index (Phi) is 3.03. The van der Waals surface area contributed by atoms with Gasteiger partial charge in [-0.05, 0) is 6.07 Å². The molecule has 0 radical (unpaired) electrons. The van der Waals surface area contributed by atoms with Crippen LogP contribution in [0, 0.1) is 10.1 Å². The number of benzene rings is 1. The lowest BCUT2D eigenvalue weighted by Gasteiger charge is -2.03. The van der Waals surface area contributed by atoms with Crippen LogP contribution in [0.5, 0.6) is 5.75 Å². The number of nitrogens with one attached hydrogen (secondary N) is 1. The summed E-state index contributed by atoms with van der Waals surface area (Å²) in [7, 11) is 1.40. The van der Waals surface area contributed by atoms with Crippen LogP contribution in [0.1, 0.15) is 0 Å². The zero-order valence-electron chi connectivity index (χ0n) is 10.7. The molecular weight excluding hydrogens is 280 g/mol. The van der Waals surface area contributed by atoms with Crippen LogP contribution < -0.4 is 4.74 Å². The fraction of sp³-hybridized carbons (Fsp3) is 0.0909. The van der Waals surface area contributed by atoms with Gasteiger partial charge in [-0.25, -0.2) is 4.98 Å². The Morgan fingerprint density at radius 2 is 2.29 bits per heavy atom. The van der Waals surface area contributed by atoms with E-state index in [1.807, 2.05) is 0 Å². The minimum Gasteiger partial charge on any atom is -0.496 e. The number of nitrogens with zero attached hydrogens (tertiary/aromatic N) is 5. The second kappa shape index (κ2) is 5.00. The van der Waals surface area contributed by atoms with Gasteiger partial charge in [0.25, 0.3) is 11.6 Å². The van der Waals surface area contributed by atoms with E-state index in [1.54, 1.807) is 0 Å². The standard InChI is InChI=1S/C11H8N6O4/c1-20-8-4-6(17(18)19)2-3-7(8)11-14-10(16-21-11)9-12-5-13-15-9/h2-5H,1H3,(H,12,13,15). The number of non-ortho nitro benzene ring substituents is 1. The fourth-order valence-corrected chi connectivity index (χ4v) is 1.71. The van der Waals surface area contributed by atoms with Gasteiger partial charge >= 0.3 is 0 Å². The number of rotatable bonds is 4. The average Bonchev–Trinajstić information content (AvgIpc) is 3.17. The highest BCUT2D eigenvalue weighted by Crippen LogP contribution is 2.32. The zero-order valence-corrected chi connectivity index (χ0v) is 10.7. The highest BCUT2D eigenvalue weighted by molar-refractivity contribution is 5.66. The number of aromatic amines is 1. The number of hydrogen-bond acceptors (Lipinski definition) is 8. The molecule has 10 nitrogen and oxygen atoms in total. The predicted octanol–water partition coefficient (Wildman–Crippen LogP) is 1.44. The van der Waals surface area contributed by atoms with Crippen LogP contribution in [0.4, 0.5) is 5.69 Å². The van der Waals surface area contributed by atoms with E-state index in [9.17, 15) is 10.1 Å². The van der Waals surface area contributed by atoms with Crippen LogP contribution in [0.25, 0.3) is 23.1 Å². The molecule has 0 amide bonds. The predicted molar refractivity (Wildman–Crippen MR) is 68.3 cm³/mol. The van der Waals surface area contributed by atoms with Crippen molar-refractivity contribution in [1.29, 1.82) is 0 Å². The first-order valence-corrected chi connectivity index (χ1v) is 5.71. The molecule has 0 bridgehead atoms. The molecule has 0 atom stereocenters. The molecule has 0 saturated heterocycles. The molecule has 0 fully saturated rings. The lowest BCUT2D eigenvalue weighted by molar-refractivity contribution is -0.384. The Labute approximate surface area is 116 Å². The Balaban J connectivity index is 2.02. The summed E-state index contributed by atoms with van der Waals surface area (Å²) in [4.78, 5) is 18.3. The molecule has 2 heterocycles. The normalized spacial score (nSPS) is 10.5. The Hall–Kier alpha value is -3.30. The molecule has 2 aromatic heterocycles. The van der Waals surface area contributed by atoms with Crippen molar-refractivity contribution < 1.29 is 14.2 Å². The maximum absolute atomic E-state index is 10.8. The molecule has 10 heteroatoms. The number of hydrogen-bond donors (Lipinski definition) is 1. The highest BCUT2D eigenvalue weighted by Gasteiger charge is 2.18. The van der Waals surface area contributed by atoms with Crippen molar-refractivity contribution in [2.24, 2.45) is 0 Å². The quantitative estimate of drug-likeness (QED) is 0.563. The Bertz CT molecular complexity index is 782. The van der Waals surface area contributed by atoms with Crippen molar-refractivity contribution in [2.75, 3.05) is 7.11 Å². The van der Waals surface area contributed by atoms with Crippen LogP contribution in [0.2, 0.25) is 0 Å². The minimum atomic E-state index is -0.514. The molecule has 1 N–H and O–H groups in total. The summed E-state index contributed by atoms with van der Waals surface area (Å²) >= 11 is 0. The molecule has 0 spiro atoms. The molecule has 0 aliphatic heterocycles. The van der Waals surface area contributed by atoms with Gasteiger partial charge in [-0.1, -0.05) is 5.16 Å². The first kappa shape index (κ1) is 12.7. The molecule has 106 valence electrons. The largest absolute Gasteiger partial charge is 0.496 e. The molecule has 0 saturated carbocycles. The van der Waals surface area contributed by atoms with Gasteiger partial charge in [0.05, 0.1) is 23.7 Å². The Morgan fingerprint density at radius 3 is 2.95 bits per heavy atom. The first-order valence-electron chi connectivity index (χ1n) is 5.71. The van der Waals surface area contributed by atoms with E-state index in [-0.39, 0.29) is 23.2 Å². The summed E-state index contributed by atoms with van der Waals surface area (Å²) < 4.78 is 10.2. The van der Waals surface area contributed by atoms with Crippen LogP contribution >= 0.6 is 0 Å². The topological polar surface area (TPSA) is 133 Å². The van der Waals surface area contributed by atoms with Crippen molar-refractivity contribution >= 4 is 5.69 Å². The lowest BCUT2D eigenvalue weighted by atomic mass is 10.2. The number of nitro benzene ring substituents is 1. The third kappa shape index (κ3) is 2.29. The summed E-state index contributed by atoms with van der Waals surface area (Å²) in [6.07, 6.45) is 1.32. The molecule has 0 aliphatic carbocycles. The first-order chi connectivity index (χ1) is 10.2. The molecule has 0 aliphatic rings.